The van der Waals surface area contributed by atoms with Crippen LogP contribution < -0.4 is 0 Å². The van der Waals surface area contributed by atoms with Crippen molar-refractivity contribution in [1.29, 1.82) is 0 Å². The molecule has 8 nitrogen and oxygen atoms in total. The van der Waals surface area contributed by atoms with Gasteiger partial charge in [-0.3, -0.25) is 14.6 Å². The third kappa shape index (κ3) is 9.96. The number of nitrogens with zero attached hydrogens (tertiary/aromatic N) is 4. The van der Waals surface area contributed by atoms with Crippen molar-refractivity contribution in [3.8, 4) is 5.75 Å². The molecule has 242 valence electrons. The molecule has 3 aromatic rings. The average Bonchev–Trinajstić information content (AvgIpc) is 3.31. The lowest BCUT2D eigenvalue weighted by atomic mass is 9.93. The number of ether oxygens (including phenoxy) is 1. The van der Waals surface area contributed by atoms with Crippen LogP contribution in [0.3, 0.4) is 0 Å². The van der Waals surface area contributed by atoms with E-state index in [0.29, 0.717) is 18.5 Å². The van der Waals surface area contributed by atoms with Gasteiger partial charge in [-0.15, -0.1) is 0 Å². The largest absolute Gasteiger partial charge is 0.508 e. The molecule has 3 aromatic carbocycles. The highest BCUT2D eigenvalue weighted by atomic mass is 16.5. The first-order valence-corrected chi connectivity index (χ1v) is 16.3. The van der Waals surface area contributed by atoms with E-state index in [1.807, 2.05) is 36.1 Å². The molecule has 0 saturated carbocycles. The second-order valence-corrected chi connectivity index (χ2v) is 12.0. The topological polar surface area (TPSA) is 76.6 Å². The highest BCUT2D eigenvalue weighted by molar-refractivity contribution is 5.94. The van der Waals surface area contributed by atoms with Gasteiger partial charge < -0.3 is 24.4 Å². The Morgan fingerprint density at radius 1 is 0.911 bits per heavy atom. The molecule has 2 unspecified atom stereocenters. The quantitative estimate of drug-likeness (QED) is 0.320. The number of hydrogen-bond donors (Lipinski definition) is 1. The number of hydrogen-bond acceptors (Lipinski definition) is 7. The highest BCUT2D eigenvalue weighted by Crippen LogP contribution is 2.34. The molecule has 1 N–H and O–H groups in total. The predicted octanol–water partition coefficient (Wildman–Crippen LogP) is 5.08. The first-order chi connectivity index (χ1) is 21.9. The van der Waals surface area contributed by atoms with Crippen molar-refractivity contribution in [1.82, 2.24) is 19.6 Å². The number of carbonyl (C=O) groups is 2. The SMILES string of the molecule is CC1CN(Cc2ccccc2)CCN1C(c1cccc(O)c1)c1cccc(C(=O)N2CCCN(CCC=O)CC2)c1.CCOC. The van der Waals surface area contributed by atoms with Crippen molar-refractivity contribution in [2.75, 3.05) is 66.1 Å². The lowest BCUT2D eigenvalue weighted by Gasteiger charge is -2.44. The molecular formula is C37H50N4O4. The van der Waals surface area contributed by atoms with Crippen LogP contribution in [0.2, 0.25) is 0 Å². The summed E-state index contributed by atoms with van der Waals surface area (Å²) in [7, 11) is 1.68. The number of rotatable bonds is 10. The molecule has 1 amide bonds. The zero-order valence-corrected chi connectivity index (χ0v) is 27.2. The summed E-state index contributed by atoms with van der Waals surface area (Å²) < 4.78 is 4.54. The van der Waals surface area contributed by atoms with E-state index in [1.165, 1.54) is 5.56 Å². The van der Waals surface area contributed by atoms with Gasteiger partial charge in [0.15, 0.2) is 0 Å². The van der Waals surface area contributed by atoms with Crippen LogP contribution >= 0.6 is 0 Å². The number of methoxy groups -OCH3 is 1. The molecule has 2 aliphatic heterocycles. The summed E-state index contributed by atoms with van der Waals surface area (Å²) >= 11 is 0. The van der Waals surface area contributed by atoms with E-state index in [1.54, 1.807) is 13.2 Å². The highest BCUT2D eigenvalue weighted by Gasteiger charge is 2.32. The Morgan fingerprint density at radius 2 is 1.62 bits per heavy atom. The number of aromatic hydroxyl groups is 1. The van der Waals surface area contributed by atoms with Crippen molar-refractivity contribution in [3.05, 3.63) is 101 Å². The van der Waals surface area contributed by atoms with Gasteiger partial charge in [0, 0.05) is 84.1 Å². The van der Waals surface area contributed by atoms with Gasteiger partial charge in [0.1, 0.15) is 12.0 Å². The summed E-state index contributed by atoms with van der Waals surface area (Å²) in [6, 6.07) is 26.4. The minimum Gasteiger partial charge on any atom is -0.508 e. The van der Waals surface area contributed by atoms with E-state index in [-0.39, 0.29) is 23.7 Å². The maximum Gasteiger partial charge on any atom is 0.253 e. The molecule has 0 bridgehead atoms. The smallest absolute Gasteiger partial charge is 0.253 e. The summed E-state index contributed by atoms with van der Waals surface area (Å²) in [6.07, 6.45) is 2.40. The minimum absolute atomic E-state index is 0.0551. The molecule has 2 fully saturated rings. The molecule has 5 rings (SSSR count). The molecule has 2 atom stereocenters. The fraction of sp³-hybridized carbons (Fsp3) is 0.459. The van der Waals surface area contributed by atoms with E-state index >= 15 is 0 Å². The molecule has 45 heavy (non-hydrogen) atoms. The Bertz CT molecular complexity index is 1330. The molecule has 0 spiro atoms. The van der Waals surface area contributed by atoms with Gasteiger partial charge in [-0.05, 0) is 67.8 Å². The summed E-state index contributed by atoms with van der Waals surface area (Å²) in [6.45, 7) is 12.6. The Morgan fingerprint density at radius 3 is 2.31 bits per heavy atom. The molecule has 0 radical (unpaired) electrons. The van der Waals surface area contributed by atoms with E-state index in [4.69, 9.17) is 0 Å². The fourth-order valence-corrected chi connectivity index (χ4v) is 6.34. The second-order valence-electron chi connectivity index (χ2n) is 12.0. The predicted molar refractivity (Wildman–Crippen MR) is 179 cm³/mol. The van der Waals surface area contributed by atoms with Crippen LogP contribution in [0.1, 0.15) is 59.8 Å². The van der Waals surface area contributed by atoms with Crippen LogP contribution in [0.4, 0.5) is 0 Å². The van der Waals surface area contributed by atoms with Gasteiger partial charge in [-0.25, -0.2) is 0 Å². The first-order valence-electron chi connectivity index (χ1n) is 16.3. The van der Waals surface area contributed by atoms with Crippen LogP contribution in [-0.4, -0.2) is 109 Å². The van der Waals surface area contributed by atoms with E-state index in [9.17, 15) is 14.7 Å². The van der Waals surface area contributed by atoms with E-state index < -0.39 is 0 Å². The van der Waals surface area contributed by atoms with Crippen molar-refractivity contribution in [2.45, 2.75) is 45.3 Å². The van der Waals surface area contributed by atoms with Gasteiger partial charge in [0.2, 0.25) is 0 Å². The van der Waals surface area contributed by atoms with Crippen LogP contribution in [0.5, 0.6) is 5.75 Å². The Hall–Kier alpha value is -3.56. The van der Waals surface area contributed by atoms with Gasteiger partial charge in [0.05, 0.1) is 6.04 Å². The van der Waals surface area contributed by atoms with E-state index in [2.05, 4.69) is 74.9 Å². The third-order valence-electron chi connectivity index (χ3n) is 8.71. The number of benzene rings is 3. The number of amides is 1. The number of phenolic OH excluding ortho intramolecular Hbond substituents is 1. The summed E-state index contributed by atoms with van der Waals surface area (Å²) in [4.78, 5) is 33.7. The molecule has 0 aromatic heterocycles. The number of aldehydes is 1. The standard InChI is InChI=1S/C34H42N4O3.C3H8O/c1-27-25-36(26-28-9-3-2-4-10-28)19-21-38(27)33(30-12-6-14-32(40)24-30)29-11-5-13-31(23-29)34(41)37-17-7-15-35(18-20-37)16-8-22-39;1-3-4-2/h2-6,9-14,22-24,27,33,40H,7-8,15-21,25-26H2,1H3;3H2,1-2H3. The van der Waals surface area contributed by atoms with Gasteiger partial charge in [0.25, 0.3) is 5.91 Å². The van der Waals surface area contributed by atoms with Gasteiger partial charge >= 0.3 is 0 Å². The lowest BCUT2D eigenvalue weighted by molar-refractivity contribution is -0.108. The number of carbonyl (C=O) groups excluding carboxylic acids is 2. The average molecular weight is 615 g/mol. The molecule has 0 aliphatic carbocycles. The van der Waals surface area contributed by atoms with Crippen LogP contribution in [0.15, 0.2) is 78.9 Å². The van der Waals surface area contributed by atoms with Gasteiger partial charge in [-0.2, -0.15) is 0 Å². The Kier molecular flexibility index (Phi) is 13.6. The Labute approximate surface area is 269 Å². The van der Waals surface area contributed by atoms with E-state index in [0.717, 1.165) is 82.8 Å². The maximum absolute atomic E-state index is 13.7. The van der Waals surface area contributed by atoms with Crippen LogP contribution in [0.25, 0.3) is 0 Å². The number of phenols is 1. The number of piperazine rings is 1. The normalized spacial score (nSPS) is 18.8. The monoisotopic (exact) mass is 614 g/mol. The summed E-state index contributed by atoms with van der Waals surface area (Å²) in [5.41, 5.74) is 4.11. The first kappa shape index (κ1) is 34.3. The zero-order valence-electron chi connectivity index (χ0n) is 27.2. The fourth-order valence-electron chi connectivity index (χ4n) is 6.34. The molecular weight excluding hydrogens is 564 g/mol. The summed E-state index contributed by atoms with van der Waals surface area (Å²) in [5, 5.41) is 10.4. The van der Waals surface area contributed by atoms with Crippen molar-refractivity contribution in [3.63, 3.8) is 0 Å². The third-order valence-corrected chi connectivity index (χ3v) is 8.71. The van der Waals surface area contributed by atoms with Crippen molar-refractivity contribution in [2.24, 2.45) is 0 Å². The molecule has 8 heteroatoms. The van der Waals surface area contributed by atoms with Crippen LogP contribution in [0, 0.1) is 0 Å². The Balaban J connectivity index is 0.00000109. The molecule has 2 saturated heterocycles. The second kappa shape index (κ2) is 17.8. The molecule has 2 heterocycles. The van der Waals surface area contributed by atoms with Crippen molar-refractivity contribution < 1.29 is 19.4 Å². The zero-order chi connectivity index (χ0) is 32.0. The molecule has 2 aliphatic rings. The minimum atomic E-state index is -0.0771. The maximum atomic E-state index is 13.7. The summed E-state index contributed by atoms with van der Waals surface area (Å²) in [5.74, 6) is 0.304. The van der Waals surface area contributed by atoms with Gasteiger partial charge in [-0.1, -0.05) is 54.6 Å². The lowest BCUT2D eigenvalue weighted by Crippen LogP contribution is -2.52. The van der Waals surface area contributed by atoms with Crippen LogP contribution in [-0.2, 0) is 16.1 Å². The van der Waals surface area contributed by atoms with Crippen molar-refractivity contribution >= 4 is 12.2 Å².